The average molecular weight is 1220 g/mol. The molecule has 8 aromatic rings. The smallest absolute Gasteiger partial charge is 0.783 e. The van der Waals surface area contributed by atoms with Gasteiger partial charge in [-0.05, 0) is 97.1 Å². The van der Waals surface area contributed by atoms with Crippen LogP contribution in [0.3, 0.4) is 0 Å². The molecule has 21 heteroatoms. The Balaban J connectivity index is 0.000000199. The maximum absolute atomic E-state index is 12.1. The number of rotatable bonds is 16. The normalized spacial score (nSPS) is 13.7. The Kier molecular flexibility index (Phi) is 26.7. The molecule has 0 radical (unpaired) electrons. The quantitative estimate of drug-likeness (QED) is 0.0671. The van der Waals surface area contributed by atoms with Gasteiger partial charge < -0.3 is 37.7 Å². The van der Waals surface area contributed by atoms with Gasteiger partial charge in [-0.2, -0.15) is 0 Å². The molecule has 0 fully saturated rings. The van der Waals surface area contributed by atoms with E-state index in [1.165, 1.54) is 0 Å². The molecule has 0 saturated carbocycles. The monoisotopic (exact) mass is 1220 g/mol. The Hall–Kier alpha value is -2.51. The summed E-state index contributed by atoms with van der Waals surface area (Å²) in [6, 6.07) is 73.4. The largest absolute Gasteiger partial charge is 4.00 e. The van der Waals surface area contributed by atoms with Gasteiger partial charge in [-0.25, -0.2) is 0 Å². The fourth-order valence-corrected chi connectivity index (χ4v) is 18.9. The molecule has 0 heterocycles. The van der Waals surface area contributed by atoms with E-state index in [-0.39, 0.29) is 21.1 Å². The van der Waals surface area contributed by atoms with Crippen molar-refractivity contribution >= 4 is 116 Å². The van der Waals surface area contributed by atoms with Crippen molar-refractivity contribution in [1.29, 1.82) is 0 Å². The van der Waals surface area contributed by atoms with Crippen molar-refractivity contribution in [3.63, 3.8) is 0 Å². The second-order valence-corrected chi connectivity index (χ2v) is 36.4. The van der Waals surface area contributed by atoms with E-state index in [0.717, 1.165) is 65.1 Å². The molecular formula is C48H40MoO8P4S8. The third-order valence-electron chi connectivity index (χ3n) is 7.68. The van der Waals surface area contributed by atoms with E-state index >= 15 is 0 Å². The first-order chi connectivity index (χ1) is 32.6. The summed E-state index contributed by atoms with van der Waals surface area (Å²) in [6.45, 7) is 0. The first-order valence-electron chi connectivity index (χ1n) is 19.8. The van der Waals surface area contributed by atoms with Crippen LogP contribution >= 0.6 is 68.3 Å². The van der Waals surface area contributed by atoms with E-state index in [4.69, 9.17) is 65.3 Å². The maximum Gasteiger partial charge on any atom is 4.00 e. The van der Waals surface area contributed by atoms with E-state index in [2.05, 4.69) is 0 Å². The third-order valence-corrected chi connectivity index (χ3v) is 21.9. The number of hydrogen-bond acceptors (Lipinski definition) is 16. The summed E-state index contributed by atoms with van der Waals surface area (Å²) in [5.74, 6) is 2.15. The van der Waals surface area contributed by atoms with Crippen LogP contribution in [0, 0.1) is 0 Å². The molecule has 0 saturated heterocycles. The predicted octanol–water partition coefficient (Wildman–Crippen LogP) is 13.8. The molecule has 0 aromatic heterocycles. The first kappa shape index (κ1) is 59.1. The van der Waals surface area contributed by atoms with Gasteiger partial charge in [0.15, 0.2) is 0 Å². The molecule has 0 aliphatic rings. The Morgan fingerprint density at radius 2 is 0.377 bits per heavy atom. The van der Waals surface area contributed by atoms with Gasteiger partial charge in [0.1, 0.15) is 45.8 Å². The Bertz CT molecular complexity index is 2290. The van der Waals surface area contributed by atoms with Crippen LogP contribution in [0.5, 0.6) is 23.0 Å². The van der Waals surface area contributed by atoms with Gasteiger partial charge in [-0.15, -0.1) is 0 Å². The molecule has 8 aromatic carbocycles. The van der Waals surface area contributed by atoms with Crippen LogP contribution < -0.4 is 37.7 Å². The van der Waals surface area contributed by atoms with E-state index in [1.807, 2.05) is 194 Å². The Labute approximate surface area is 455 Å². The molecule has 69 heavy (non-hydrogen) atoms. The molecule has 0 aliphatic carbocycles. The van der Waals surface area contributed by atoms with E-state index < -0.39 is 22.8 Å². The van der Waals surface area contributed by atoms with E-state index in [0.29, 0.717) is 23.0 Å². The summed E-state index contributed by atoms with van der Waals surface area (Å²) in [5.41, 5.74) is -12.5. The summed E-state index contributed by atoms with van der Waals surface area (Å²) in [5, 5.41) is 0. The van der Waals surface area contributed by atoms with Gasteiger partial charge in [-0.1, -0.05) is 238 Å². The zero-order valence-electron chi connectivity index (χ0n) is 35.8. The van der Waals surface area contributed by atoms with Crippen LogP contribution in [0.1, 0.15) is 0 Å². The van der Waals surface area contributed by atoms with Crippen LogP contribution in [0.2, 0.25) is 0 Å². The number of para-hydroxylation sites is 4. The molecule has 8 nitrogen and oxygen atoms in total. The van der Waals surface area contributed by atoms with Crippen molar-refractivity contribution in [2.75, 3.05) is 0 Å². The van der Waals surface area contributed by atoms with Crippen LogP contribution in [0.15, 0.2) is 262 Å². The first-order valence-corrected chi connectivity index (χ1v) is 36.1. The molecule has 354 valence electrons. The van der Waals surface area contributed by atoms with E-state index in [9.17, 15) is 19.6 Å². The van der Waals surface area contributed by atoms with Gasteiger partial charge in [-0.3, -0.25) is 0 Å². The molecule has 0 bridgehead atoms. The van der Waals surface area contributed by atoms with Crippen molar-refractivity contribution in [1.82, 2.24) is 0 Å². The molecule has 4 atom stereocenters. The molecular weight excluding hydrogens is 1180 g/mol. The SMILES string of the molecule is [Mo+4].[O-]P(=S)(Oc1ccccc1)Sc1ccccc1.[O-]P(=S)(Oc1ccccc1)Sc1ccccc1.[O-]P(=S)(Oc1ccccc1)Sc1ccccc1.[O-]P(=S)(Oc1ccccc1)Sc1ccccc1. The van der Waals surface area contributed by atoms with Gasteiger partial charge >= 0.3 is 21.1 Å². The van der Waals surface area contributed by atoms with Crippen molar-refractivity contribution in [3.05, 3.63) is 243 Å². The number of hydrogen-bond donors (Lipinski definition) is 0. The summed E-state index contributed by atoms with van der Waals surface area (Å²) < 4.78 is 21.4. The van der Waals surface area contributed by atoms with Crippen LogP contribution in [0.4, 0.5) is 0 Å². The fraction of sp³-hybridized carbons (Fsp3) is 0. The zero-order chi connectivity index (χ0) is 48.6. The van der Waals surface area contributed by atoms with Crippen LogP contribution in [-0.4, -0.2) is 0 Å². The van der Waals surface area contributed by atoms with Gasteiger partial charge in [0.2, 0.25) is 0 Å². The van der Waals surface area contributed by atoms with E-state index in [1.54, 1.807) is 48.5 Å². The standard InChI is InChI=1S/4C12H11O2PS2.Mo/c4*13-15(16,14-11-7-3-1-4-8-11)17-12-9-5-2-6-10-12;/h4*1-10H,(H,13,16);/q;;;;+4/p-4. The minimum Gasteiger partial charge on any atom is -0.783 e. The molecule has 0 spiro atoms. The average Bonchev–Trinajstić information content (AvgIpc) is 3.31. The van der Waals surface area contributed by atoms with Crippen molar-refractivity contribution < 1.29 is 58.7 Å². The van der Waals surface area contributed by atoms with Gasteiger partial charge in [0.05, 0.1) is 0 Å². The summed E-state index contributed by atoms with van der Waals surface area (Å²) in [4.78, 5) is 51.8. The minimum atomic E-state index is -3.14. The topological polar surface area (TPSA) is 129 Å². The Morgan fingerprint density at radius 3 is 0.522 bits per heavy atom. The van der Waals surface area contributed by atoms with Crippen LogP contribution in [-0.2, 0) is 68.3 Å². The summed E-state index contributed by atoms with van der Waals surface area (Å²) in [6.07, 6.45) is 0. The van der Waals surface area contributed by atoms with Crippen molar-refractivity contribution in [2.45, 2.75) is 19.6 Å². The maximum atomic E-state index is 12.1. The zero-order valence-corrected chi connectivity index (χ0v) is 47.9. The molecule has 4 unspecified atom stereocenters. The van der Waals surface area contributed by atoms with Gasteiger partial charge in [0.25, 0.3) is 0 Å². The second-order valence-electron chi connectivity index (χ2n) is 13.0. The van der Waals surface area contributed by atoms with Gasteiger partial charge in [0, 0.05) is 19.6 Å². The molecule has 8 rings (SSSR count). The number of benzene rings is 8. The van der Waals surface area contributed by atoms with Crippen LogP contribution in [0.25, 0.3) is 0 Å². The molecule has 0 N–H and O–H groups in total. The van der Waals surface area contributed by atoms with Crippen molar-refractivity contribution in [2.24, 2.45) is 0 Å². The second kappa shape index (κ2) is 31.2. The third kappa shape index (κ3) is 25.6. The molecule has 0 aliphatic heterocycles. The predicted molar refractivity (Wildman–Crippen MR) is 295 cm³/mol. The Morgan fingerprint density at radius 1 is 0.246 bits per heavy atom. The fourth-order valence-electron chi connectivity index (χ4n) is 4.96. The molecule has 0 amide bonds. The summed E-state index contributed by atoms with van der Waals surface area (Å²) >= 11 is 24.4. The minimum absolute atomic E-state index is 0. The van der Waals surface area contributed by atoms with Crippen molar-refractivity contribution in [3.8, 4) is 23.0 Å². The summed E-state index contributed by atoms with van der Waals surface area (Å²) in [7, 11) is 0.